The van der Waals surface area contributed by atoms with Crippen LogP contribution in [0.4, 0.5) is 5.13 Å². The van der Waals surface area contributed by atoms with Gasteiger partial charge in [-0.3, -0.25) is 0 Å². The topological polar surface area (TPSA) is 28.2 Å². The maximum atomic E-state index is 4.70. The van der Waals surface area contributed by atoms with E-state index < -0.39 is 0 Å². The summed E-state index contributed by atoms with van der Waals surface area (Å²) in [6, 6.07) is 0.349. The van der Waals surface area contributed by atoms with Crippen LogP contribution in [-0.4, -0.2) is 25.1 Å². The first-order chi connectivity index (χ1) is 8.08. The lowest BCUT2D eigenvalue weighted by atomic mass is 10.1. The lowest BCUT2D eigenvalue weighted by Gasteiger charge is -2.19. The number of nitrogens with zero attached hydrogens (tertiary/aromatic N) is 2. The molecule has 3 nitrogen and oxygen atoms in total. The molecule has 4 heteroatoms. The van der Waals surface area contributed by atoms with E-state index in [-0.39, 0.29) is 0 Å². The highest BCUT2D eigenvalue weighted by Crippen LogP contribution is 2.24. The van der Waals surface area contributed by atoms with Crippen molar-refractivity contribution in [3.05, 3.63) is 11.1 Å². The van der Waals surface area contributed by atoms with Gasteiger partial charge >= 0.3 is 0 Å². The molecule has 17 heavy (non-hydrogen) atoms. The Morgan fingerprint density at radius 3 is 2.71 bits per heavy atom. The van der Waals surface area contributed by atoms with Gasteiger partial charge in [0.2, 0.25) is 0 Å². The SMILES string of the molecule is CCNC(C)c1csc(N(C)CC(C)CC)n1. The minimum absolute atomic E-state index is 0.349. The van der Waals surface area contributed by atoms with Gasteiger partial charge in [-0.2, -0.15) is 0 Å². The van der Waals surface area contributed by atoms with Gasteiger partial charge in [0.1, 0.15) is 0 Å². The Kier molecular flexibility index (Phi) is 5.92. The molecule has 1 aromatic heterocycles. The molecule has 2 atom stereocenters. The van der Waals surface area contributed by atoms with E-state index in [2.05, 4.69) is 50.3 Å². The average molecular weight is 255 g/mol. The lowest BCUT2D eigenvalue weighted by molar-refractivity contribution is 0.557. The molecule has 1 rings (SSSR count). The first-order valence-electron chi connectivity index (χ1n) is 6.48. The zero-order valence-corrected chi connectivity index (χ0v) is 12.5. The Hall–Kier alpha value is -0.610. The van der Waals surface area contributed by atoms with E-state index >= 15 is 0 Å². The van der Waals surface area contributed by atoms with E-state index in [4.69, 9.17) is 4.98 Å². The molecule has 0 aliphatic carbocycles. The second kappa shape index (κ2) is 6.97. The van der Waals surface area contributed by atoms with Crippen molar-refractivity contribution in [3.8, 4) is 0 Å². The van der Waals surface area contributed by atoms with E-state index in [0.717, 1.165) is 29.8 Å². The second-order valence-corrected chi connectivity index (χ2v) is 5.56. The summed E-state index contributed by atoms with van der Waals surface area (Å²) >= 11 is 1.74. The molecule has 98 valence electrons. The summed E-state index contributed by atoms with van der Waals surface area (Å²) in [5.41, 5.74) is 1.16. The molecule has 0 fully saturated rings. The molecule has 0 saturated heterocycles. The van der Waals surface area contributed by atoms with Gasteiger partial charge in [-0.05, 0) is 19.4 Å². The van der Waals surface area contributed by atoms with E-state index in [0.29, 0.717) is 6.04 Å². The van der Waals surface area contributed by atoms with Crippen LogP contribution >= 0.6 is 11.3 Å². The summed E-state index contributed by atoms with van der Waals surface area (Å²) in [5, 5.41) is 6.68. The number of rotatable bonds is 7. The molecule has 0 aliphatic rings. The summed E-state index contributed by atoms with van der Waals surface area (Å²) in [6.07, 6.45) is 1.22. The maximum absolute atomic E-state index is 4.70. The third-order valence-electron chi connectivity index (χ3n) is 3.07. The van der Waals surface area contributed by atoms with Crippen LogP contribution in [0, 0.1) is 5.92 Å². The summed E-state index contributed by atoms with van der Waals surface area (Å²) in [5.74, 6) is 0.721. The Morgan fingerprint density at radius 1 is 1.41 bits per heavy atom. The van der Waals surface area contributed by atoms with Gasteiger partial charge in [0.25, 0.3) is 0 Å². The first-order valence-corrected chi connectivity index (χ1v) is 7.36. The van der Waals surface area contributed by atoms with E-state index in [1.54, 1.807) is 11.3 Å². The number of hydrogen-bond acceptors (Lipinski definition) is 4. The van der Waals surface area contributed by atoms with Crippen LogP contribution in [0.15, 0.2) is 5.38 Å². The van der Waals surface area contributed by atoms with Crippen LogP contribution in [0.25, 0.3) is 0 Å². The van der Waals surface area contributed by atoms with Gasteiger partial charge in [-0.15, -0.1) is 11.3 Å². The molecule has 1 aromatic rings. The highest BCUT2D eigenvalue weighted by molar-refractivity contribution is 7.13. The van der Waals surface area contributed by atoms with Gasteiger partial charge in [0.15, 0.2) is 5.13 Å². The highest BCUT2D eigenvalue weighted by atomic mass is 32.1. The Balaban J connectivity index is 2.60. The average Bonchev–Trinajstić information content (AvgIpc) is 2.78. The fraction of sp³-hybridized carbons (Fsp3) is 0.769. The van der Waals surface area contributed by atoms with Crippen molar-refractivity contribution in [2.24, 2.45) is 5.92 Å². The predicted octanol–water partition coefficient (Wildman–Crippen LogP) is 3.30. The molecule has 0 bridgehead atoms. The smallest absolute Gasteiger partial charge is 0.185 e. The van der Waals surface area contributed by atoms with Crippen LogP contribution in [-0.2, 0) is 0 Å². The van der Waals surface area contributed by atoms with E-state index in [1.807, 2.05) is 0 Å². The van der Waals surface area contributed by atoms with E-state index in [9.17, 15) is 0 Å². The van der Waals surface area contributed by atoms with Crippen molar-refractivity contribution in [2.45, 2.75) is 40.2 Å². The summed E-state index contributed by atoms with van der Waals surface area (Å²) in [6.45, 7) is 10.9. The normalized spacial score (nSPS) is 14.6. The molecule has 1 N–H and O–H groups in total. The molecule has 1 heterocycles. The fourth-order valence-corrected chi connectivity index (χ4v) is 2.63. The molecule has 2 unspecified atom stereocenters. The lowest BCUT2D eigenvalue weighted by Crippen LogP contribution is -2.24. The fourth-order valence-electron chi connectivity index (χ4n) is 1.74. The Bertz CT molecular complexity index is 324. The zero-order chi connectivity index (χ0) is 12.8. The predicted molar refractivity (Wildman–Crippen MR) is 76.9 cm³/mol. The van der Waals surface area contributed by atoms with Crippen LogP contribution < -0.4 is 10.2 Å². The van der Waals surface area contributed by atoms with Crippen molar-refractivity contribution >= 4 is 16.5 Å². The second-order valence-electron chi connectivity index (χ2n) is 4.73. The number of hydrogen-bond donors (Lipinski definition) is 1. The van der Waals surface area contributed by atoms with Gasteiger partial charge in [-0.1, -0.05) is 27.2 Å². The minimum atomic E-state index is 0.349. The van der Waals surface area contributed by atoms with Crippen LogP contribution in [0.2, 0.25) is 0 Å². The molecule has 0 radical (unpaired) electrons. The quantitative estimate of drug-likeness (QED) is 0.810. The third kappa shape index (κ3) is 4.28. The molecule has 0 saturated carbocycles. The monoisotopic (exact) mass is 255 g/mol. The van der Waals surface area contributed by atoms with Gasteiger partial charge in [0, 0.05) is 25.0 Å². The van der Waals surface area contributed by atoms with Crippen LogP contribution in [0.1, 0.15) is 45.9 Å². The summed E-state index contributed by atoms with van der Waals surface area (Å²) in [7, 11) is 2.13. The zero-order valence-electron chi connectivity index (χ0n) is 11.7. The summed E-state index contributed by atoms with van der Waals surface area (Å²) < 4.78 is 0. The number of nitrogens with one attached hydrogen (secondary N) is 1. The molecule has 0 spiro atoms. The largest absolute Gasteiger partial charge is 0.351 e. The third-order valence-corrected chi connectivity index (χ3v) is 4.05. The van der Waals surface area contributed by atoms with Crippen molar-refractivity contribution in [3.63, 3.8) is 0 Å². The summed E-state index contributed by atoms with van der Waals surface area (Å²) in [4.78, 5) is 6.96. The van der Waals surface area contributed by atoms with E-state index in [1.165, 1.54) is 6.42 Å². The highest BCUT2D eigenvalue weighted by Gasteiger charge is 2.12. The maximum Gasteiger partial charge on any atom is 0.185 e. The van der Waals surface area contributed by atoms with Crippen molar-refractivity contribution in [2.75, 3.05) is 25.0 Å². The molecular weight excluding hydrogens is 230 g/mol. The first kappa shape index (κ1) is 14.5. The van der Waals surface area contributed by atoms with Gasteiger partial charge < -0.3 is 10.2 Å². The van der Waals surface area contributed by atoms with Crippen LogP contribution in [0.5, 0.6) is 0 Å². The van der Waals surface area contributed by atoms with Crippen molar-refractivity contribution in [1.82, 2.24) is 10.3 Å². The molecular formula is C13H25N3S. The Morgan fingerprint density at radius 2 is 2.12 bits per heavy atom. The molecule has 0 aromatic carbocycles. The standard InChI is InChI=1S/C13H25N3S/c1-6-10(3)8-16(5)13-15-12(9-17-13)11(4)14-7-2/h9-11,14H,6-8H2,1-5H3. The minimum Gasteiger partial charge on any atom is -0.351 e. The number of thiazole rings is 1. The molecule has 0 aliphatic heterocycles. The number of anilines is 1. The van der Waals surface area contributed by atoms with Gasteiger partial charge in [-0.25, -0.2) is 4.98 Å². The number of aromatic nitrogens is 1. The van der Waals surface area contributed by atoms with Crippen molar-refractivity contribution < 1.29 is 0 Å². The molecule has 0 amide bonds. The van der Waals surface area contributed by atoms with Gasteiger partial charge in [0.05, 0.1) is 5.69 Å². The van der Waals surface area contributed by atoms with Crippen LogP contribution in [0.3, 0.4) is 0 Å². The van der Waals surface area contributed by atoms with Crippen molar-refractivity contribution in [1.29, 1.82) is 0 Å². The Labute approximate surface area is 109 Å².